The van der Waals surface area contributed by atoms with Crippen molar-refractivity contribution in [1.29, 1.82) is 0 Å². The first kappa shape index (κ1) is 14.3. The van der Waals surface area contributed by atoms with Gasteiger partial charge in [0.15, 0.2) is 6.10 Å². The lowest BCUT2D eigenvalue weighted by Gasteiger charge is -2.12. The van der Waals surface area contributed by atoms with Gasteiger partial charge >= 0.3 is 5.97 Å². The average molecular weight is 289 g/mol. The van der Waals surface area contributed by atoms with E-state index in [1.165, 1.54) is 11.3 Å². The largest absolute Gasteiger partial charge is 0.448 e. The number of thiophene rings is 1. The van der Waals surface area contributed by atoms with Crippen molar-refractivity contribution < 1.29 is 14.3 Å². The van der Waals surface area contributed by atoms with Gasteiger partial charge in [-0.3, -0.25) is 4.79 Å². The lowest BCUT2D eigenvalue weighted by molar-refractivity contribution is -0.129. The van der Waals surface area contributed by atoms with Gasteiger partial charge in [0, 0.05) is 6.54 Å². The van der Waals surface area contributed by atoms with Crippen molar-refractivity contribution >= 4 is 23.2 Å². The molecule has 0 aliphatic heterocycles. The standard InChI is InChI=1S/C15H15NO3S/c1-11(19-15(18)13-8-5-9-20-13)14(17)16-10-12-6-3-2-4-7-12/h2-9,11H,10H2,1H3,(H,16,17)/t11-/m1/s1. The summed E-state index contributed by atoms with van der Waals surface area (Å²) in [6.45, 7) is 1.98. The minimum Gasteiger partial charge on any atom is -0.448 e. The Kier molecular flexibility index (Phi) is 4.90. The Morgan fingerprint density at radius 2 is 1.95 bits per heavy atom. The molecule has 0 unspecified atom stereocenters. The molecule has 0 fully saturated rings. The molecule has 5 heteroatoms. The van der Waals surface area contributed by atoms with Gasteiger partial charge in [0.25, 0.3) is 5.91 Å². The van der Waals surface area contributed by atoms with Gasteiger partial charge in [0.2, 0.25) is 0 Å². The summed E-state index contributed by atoms with van der Waals surface area (Å²) < 4.78 is 5.10. The predicted octanol–water partition coefficient (Wildman–Crippen LogP) is 2.61. The van der Waals surface area contributed by atoms with E-state index in [2.05, 4.69) is 5.32 Å². The Hall–Kier alpha value is -2.14. The maximum absolute atomic E-state index is 11.8. The van der Waals surface area contributed by atoms with Crippen molar-refractivity contribution in [2.24, 2.45) is 0 Å². The van der Waals surface area contributed by atoms with Crippen LogP contribution in [0.1, 0.15) is 22.2 Å². The number of carbonyl (C=O) groups excluding carboxylic acids is 2. The summed E-state index contributed by atoms with van der Waals surface area (Å²) >= 11 is 1.29. The molecule has 1 aromatic heterocycles. The van der Waals surface area contributed by atoms with Crippen LogP contribution in [-0.4, -0.2) is 18.0 Å². The number of rotatable bonds is 5. The molecule has 20 heavy (non-hydrogen) atoms. The molecular weight excluding hydrogens is 274 g/mol. The van der Waals surface area contributed by atoms with E-state index in [-0.39, 0.29) is 5.91 Å². The molecule has 0 aliphatic carbocycles. The van der Waals surface area contributed by atoms with Crippen LogP contribution in [0.4, 0.5) is 0 Å². The van der Waals surface area contributed by atoms with Crippen LogP contribution in [-0.2, 0) is 16.1 Å². The Morgan fingerprint density at radius 1 is 1.20 bits per heavy atom. The maximum Gasteiger partial charge on any atom is 0.349 e. The fourth-order valence-corrected chi connectivity index (χ4v) is 2.20. The molecule has 0 saturated heterocycles. The molecule has 104 valence electrons. The zero-order chi connectivity index (χ0) is 14.4. The van der Waals surface area contributed by atoms with Crippen LogP contribution in [0.2, 0.25) is 0 Å². The molecule has 0 aliphatic rings. The molecular formula is C15H15NO3S. The van der Waals surface area contributed by atoms with Crippen molar-refractivity contribution in [1.82, 2.24) is 5.32 Å². The van der Waals surface area contributed by atoms with Crippen LogP contribution in [0.25, 0.3) is 0 Å². The van der Waals surface area contributed by atoms with E-state index in [0.717, 1.165) is 5.56 Å². The van der Waals surface area contributed by atoms with Gasteiger partial charge in [0.1, 0.15) is 4.88 Å². The molecule has 1 atom stereocenters. The summed E-state index contributed by atoms with van der Waals surface area (Å²) in [5, 5.41) is 4.53. The Morgan fingerprint density at radius 3 is 2.60 bits per heavy atom. The number of carbonyl (C=O) groups is 2. The molecule has 0 saturated carbocycles. The average Bonchev–Trinajstić information content (AvgIpc) is 3.00. The Bertz CT molecular complexity index is 566. The molecule has 0 spiro atoms. The van der Waals surface area contributed by atoms with Crippen LogP contribution >= 0.6 is 11.3 Å². The fourth-order valence-electron chi connectivity index (χ4n) is 1.60. The van der Waals surface area contributed by atoms with Gasteiger partial charge in [-0.05, 0) is 23.9 Å². The molecule has 2 aromatic rings. The third kappa shape index (κ3) is 3.93. The van der Waals surface area contributed by atoms with Gasteiger partial charge in [-0.25, -0.2) is 4.79 Å². The highest BCUT2D eigenvalue weighted by atomic mass is 32.1. The van der Waals surface area contributed by atoms with Gasteiger partial charge in [-0.1, -0.05) is 36.4 Å². The normalized spacial score (nSPS) is 11.7. The van der Waals surface area contributed by atoms with Crippen molar-refractivity contribution in [2.45, 2.75) is 19.6 Å². The summed E-state index contributed by atoms with van der Waals surface area (Å²) in [6.07, 6.45) is -0.812. The SMILES string of the molecule is C[C@@H](OC(=O)c1cccs1)C(=O)NCc1ccccc1. The lowest BCUT2D eigenvalue weighted by atomic mass is 10.2. The number of nitrogens with one attached hydrogen (secondary N) is 1. The van der Waals surface area contributed by atoms with Crippen molar-refractivity contribution in [3.63, 3.8) is 0 Å². The molecule has 1 aromatic carbocycles. The first-order valence-corrected chi connectivity index (χ1v) is 7.11. The topological polar surface area (TPSA) is 55.4 Å². The number of benzene rings is 1. The highest BCUT2D eigenvalue weighted by Crippen LogP contribution is 2.11. The molecule has 2 rings (SSSR count). The van der Waals surface area contributed by atoms with Crippen LogP contribution in [0.15, 0.2) is 47.8 Å². The lowest BCUT2D eigenvalue weighted by Crippen LogP contribution is -2.35. The van der Waals surface area contributed by atoms with E-state index in [4.69, 9.17) is 4.74 Å². The summed E-state index contributed by atoms with van der Waals surface area (Å²) in [6, 6.07) is 13.0. The summed E-state index contributed by atoms with van der Waals surface area (Å²) in [4.78, 5) is 24.0. The second-order valence-corrected chi connectivity index (χ2v) is 5.18. The van der Waals surface area contributed by atoms with Crippen LogP contribution in [0.3, 0.4) is 0 Å². The molecule has 0 radical (unpaired) electrons. The molecule has 0 bridgehead atoms. The zero-order valence-corrected chi connectivity index (χ0v) is 11.9. The summed E-state index contributed by atoms with van der Waals surface area (Å²) in [5.41, 5.74) is 0.998. The zero-order valence-electron chi connectivity index (χ0n) is 11.0. The third-order valence-corrected chi connectivity index (χ3v) is 3.53. The van der Waals surface area contributed by atoms with Gasteiger partial charge in [-0.2, -0.15) is 0 Å². The summed E-state index contributed by atoms with van der Waals surface area (Å²) in [7, 11) is 0. The van der Waals surface area contributed by atoms with E-state index >= 15 is 0 Å². The molecule has 1 N–H and O–H groups in total. The van der Waals surface area contributed by atoms with E-state index in [1.807, 2.05) is 30.3 Å². The second kappa shape index (κ2) is 6.86. The Balaban J connectivity index is 1.82. The number of esters is 1. The summed E-state index contributed by atoms with van der Waals surface area (Å²) in [5.74, 6) is -0.777. The van der Waals surface area contributed by atoms with Crippen LogP contribution in [0.5, 0.6) is 0 Å². The monoisotopic (exact) mass is 289 g/mol. The number of hydrogen-bond donors (Lipinski definition) is 1. The van der Waals surface area contributed by atoms with E-state index < -0.39 is 12.1 Å². The molecule has 1 heterocycles. The minimum absolute atomic E-state index is 0.307. The third-order valence-electron chi connectivity index (χ3n) is 2.68. The highest BCUT2D eigenvalue weighted by molar-refractivity contribution is 7.11. The van der Waals surface area contributed by atoms with E-state index in [9.17, 15) is 9.59 Å². The first-order valence-electron chi connectivity index (χ1n) is 6.23. The van der Waals surface area contributed by atoms with Crippen LogP contribution in [0, 0.1) is 0 Å². The quantitative estimate of drug-likeness (QED) is 0.861. The predicted molar refractivity (Wildman–Crippen MR) is 77.5 cm³/mol. The number of ether oxygens (including phenoxy) is 1. The Labute approximate surface area is 121 Å². The fraction of sp³-hybridized carbons (Fsp3) is 0.200. The molecule has 4 nitrogen and oxygen atoms in total. The van der Waals surface area contributed by atoms with Gasteiger partial charge in [-0.15, -0.1) is 11.3 Å². The van der Waals surface area contributed by atoms with Crippen molar-refractivity contribution in [3.05, 3.63) is 58.3 Å². The van der Waals surface area contributed by atoms with E-state index in [1.54, 1.807) is 24.4 Å². The van der Waals surface area contributed by atoms with Crippen molar-refractivity contribution in [2.75, 3.05) is 0 Å². The van der Waals surface area contributed by atoms with Gasteiger partial charge in [0.05, 0.1) is 0 Å². The number of hydrogen-bond acceptors (Lipinski definition) is 4. The van der Waals surface area contributed by atoms with Crippen molar-refractivity contribution in [3.8, 4) is 0 Å². The first-order chi connectivity index (χ1) is 9.66. The van der Waals surface area contributed by atoms with Crippen LogP contribution < -0.4 is 5.32 Å². The number of amides is 1. The van der Waals surface area contributed by atoms with Gasteiger partial charge < -0.3 is 10.1 Å². The molecule has 1 amide bonds. The highest BCUT2D eigenvalue weighted by Gasteiger charge is 2.18. The smallest absolute Gasteiger partial charge is 0.349 e. The maximum atomic E-state index is 11.8. The minimum atomic E-state index is -0.812. The van der Waals surface area contributed by atoms with E-state index in [0.29, 0.717) is 11.4 Å². The second-order valence-electron chi connectivity index (χ2n) is 4.23.